The molecule has 0 bridgehead atoms. The molecule has 1 aromatic heterocycles. The van der Waals surface area contributed by atoms with Crippen LogP contribution in [0.3, 0.4) is 0 Å². The zero-order valence-corrected chi connectivity index (χ0v) is 9.42. The van der Waals surface area contributed by atoms with E-state index in [-0.39, 0.29) is 12.1 Å². The molecule has 0 atom stereocenters. The van der Waals surface area contributed by atoms with Gasteiger partial charge in [-0.3, -0.25) is 0 Å². The highest BCUT2D eigenvalue weighted by molar-refractivity contribution is 5.75. The molecule has 86 valence electrons. The van der Waals surface area contributed by atoms with E-state index < -0.39 is 0 Å². The minimum Gasteiger partial charge on any atom is -0.348 e. The molecule has 0 aromatic carbocycles. The maximum absolute atomic E-state index is 11.5. The summed E-state index contributed by atoms with van der Waals surface area (Å²) >= 11 is 0. The van der Waals surface area contributed by atoms with E-state index in [1.54, 1.807) is 42.4 Å². The van der Waals surface area contributed by atoms with E-state index in [2.05, 4.69) is 15.3 Å². The van der Waals surface area contributed by atoms with Gasteiger partial charge in [0, 0.05) is 39.6 Å². The van der Waals surface area contributed by atoms with Gasteiger partial charge < -0.3 is 15.1 Å². The highest BCUT2D eigenvalue weighted by atomic mass is 16.2. The molecule has 6 nitrogen and oxygen atoms in total. The Morgan fingerprint density at radius 1 is 1.44 bits per heavy atom. The van der Waals surface area contributed by atoms with Crippen molar-refractivity contribution in [3.63, 3.8) is 0 Å². The molecule has 0 unspecified atom stereocenters. The molecule has 2 amide bonds. The maximum Gasteiger partial charge on any atom is 0.319 e. The van der Waals surface area contributed by atoms with Crippen LogP contribution in [0, 0.1) is 0 Å². The number of nitrogens with zero attached hydrogens (tertiary/aromatic N) is 4. The van der Waals surface area contributed by atoms with Crippen molar-refractivity contribution >= 4 is 12.0 Å². The monoisotopic (exact) mass is 221 g/mol. The molecule has 0 saturated carbocycles. The first kappa shape index (κ1) is 10.7. The third-order valence-corrected chi connectivity index (χ3v) is 2.43. The van der Waals surface area contributed by atoms with Crippen LogP contribution < -0.4 is 5.32 Å². The van der Waals surface area contributed by atoms with E-state index in [0.29, 0.717) is 19.0 Å². The molecule has 1 aromatic rings. The highest BCUT2D eigenvalue weighted by Crippen LogP contribution is 2.13. The molecule has 2 rings (SSSR count). The third kappa shape index (κ3) is 2.21. The van der Waals surface area contributed by atoms with Crippen molar-refractivity contribution < 1.29 is 4.79 Å². The van der Waals surface area contributed by atoms with Crippen molar-refractivity contribution in [1.82, 2.24) is 19.8 Å². The number of carbonyl (C=O) groups is 1. The largest absolute Gasteiger partial charge is 0.348 e. The molecule has 2 heterocycles. The predicted molar refractivity (Wildman–Crippen MR) is 60.1 cm³/mol. The number of carbonyl (C=O) groups excluding carboxylic acids is 1. The molecule has 1 fully saturated rings. The van der Waals surface area contributed by atoms with Crippen LogP contribution in [-0.2, 0) is 0 Å². The van der Waals surface area contributed by atoms with Crippen molar-refractivity contribution in [2.75, 3.05) is 32.5 Å². The van der Waals surface area contributed by atoms with Gasteiger partial charge in [-0.25, -0.2) is 14.8 Å². The molecule has 1 N–H and O–H groups in total. The SMILES string of the molecule is CN(C)C(=O)N1CC(Nc2ncccn2)C1. The smallest absolute Gasteiger partial charge is 0.319 e. The summed E-state index contributed by atoms with van der Waals surface area (Å²) in [6.07, 6.45) is 3.38. The van der Waals surface area contributed by atoms with Crippen LogP contribution in [0.5, 0.6) is 0 Å². The fourth-order valence-corrected chi connectivity index (χ4v) is 1.57. The lowest BCUT2D eigenvalue weighted by atomic mass is 10.1. The third-order valence-electron chi connectivity index (χ3n) is 2.43. The Morgan fingerprint density at radius 3 is 2.62 bits per heavy atom. The standard InChI is InChI=1S/C10H15N5O/c1-14(2)10(16)15-6-8(7-15)13-9-11-4-3-5-12-9/h3-5,8H,6-7H2,1-2H3,(H,11,12,13). The second kappa shape index (κ2) is 4.34. The zero-order chi connectivity index (χ0) is 11.5. The number of likely N-dealkylation sites (tertiary alicyclic amines) is 1. The number of aromatic nitrogens is 2. The molecule has 1 saturated heterocycles. The summed E-state index contributed by atoms with van der Waals surface area (Å²) in [4.78, 5) is 23.0. The topological polar surface area (TPSA) is 61.4 Å². The van der Waals surface area contributed by atoms with E-state index in [4.69, 9.17) is 0 Å². The van der Waals surface area contributed by atoms with Gasteiger partial charge in [0.1, 0.15) is 0 Å². The molecule has 0 aliphatic carbocycles. The lowest BCUT2D eigenvalue weighted by Gasteiger charge is -2.40. The summed E-state index contributed by atoms with van der Waals surface area (Å²) in [5.41, 5.74) is 0. The lowest BCUT2D eigenvalue weighted by molar-refractivity contribution is 0.134. The van der Waals surface area contributed by atoms with Gasteiger partial charge in [-0.1, -0.05) is 0 Å². The Kier molecular flexibility index (Phi) is 2.89. The van der Waals surface area contributed by atoms with Crippen molar-refractivity contribution in [2.45, 2.75) is 6.04 Å². The summed E-state index contributed by atoms with van der Waals surface area (Å²) in [7, 11) is 3.51. The summed E-state index contributed by atoms with van der Waals surface area (Å²) in [5, 5.41) is 3.17. The van der Waals surface area contributed by atoms with Crippen LogP contribution >= 0.6 is 0 Å². The quantitative estimate of drug-likeness (QED) is 0.778. The number of anilines is 1. The fourth-order valence-electron chi connectivity index (χ4n) is 1.57. The Balaban J connectivity index is 1.79. The van der Waals surface area contributed by atoms with Gasteiger partial charge in [0.15, 0.2) is 0 Å². The molecule has 16 heavy (non-hydrogen) atoms. The van der Waals surface area contributed by atoms with Gasteiger partial charge in [-0.05, 0) is 6.07 Å². The molecular formula is C10H15N5O. The van der Waals surface area contributed by atoms with Crippen molar-refractivity contribution in [1.29, 1.82) is 0 Å². The Bertz CT molecular complexity index is 361. The molecular weight excluding hydrogens is 206 g/mol. The number of urea groups is 1. The molecule has 6 heteroatoms. The average Bonchev–Trinajstić information content (AvgIpc) is 2.23. The summed E-state index contributed by atoms with van der Waals surface area (Å²) in [6, 6.07) is 2.08. The van der Waals surface area contributed by atoms with E-state index in [1.807, 2.05) is 0 Å². The van der Waals surface area contributed by atoms with Crippen LogP contribution in [0.15, 0.2) is 18.5 Å². The van der Waals surface area contributed by atoms with Crippen LogP contribution in [0.2, 0.25) is 0 Å². The van der Waals surface area contributed by atoms with Gasteiger partial charge in [0.2, 0.25) is 5.95 Å². The van der Waals surface area contributed by atoms with Crippen LogP contribution in [0.25, 0.3) is 0 Å². The Hall–Kier alpha value is -1.85. The first-order valence-corrected chi connectivity index (χ1v) is 5.16. The second-order valence-corrected chi connectivity index (χ2v) is 4.00. The lowest BCUT2D eigenvalue weighted by Crippen LogP contribution is -2.59. The number of hydrogen-bond donors (Lipinski definition) is 1. The summed E-state index contributed by atoms with van der Waals surface area (Å²) < 4.78 is 0. The second-order valence-electron chi connectivity index (χ2n) is 4.00. The van der Waals surface area contributed by atoms with E-state index in [9.17, 15) is 4.79 Å². The van der Waals surface area contributed by atoms with Crippen LogP contribution in [0.1, 0.15) is 0 Å². The average molecular weight is 221 g/mol. The first-order valence-electron chi connectivity index (χ1n) is 5.16. The van der Waals surface area contributed by atoms with Gasteiger partial charge in [0.05, 0.1) is 6.04 Å². The zero-order valence-electron chi connectivity index (χ0n) is 9.42. The van der Waals surface area contributed by atoms with Gasteiger partial charge in [0.25, 0.3) is 0 Å². The maximum atomic E-state index is 11.5. The minimum atomic E-state index is 0.0482. The van der Waals surface area contributed by atoms with Crippen LogP contribution in [0.4, 0.5) is 10.7 Å². The number of nitrogens with one attached hydrogen (secondary N) is 1. The number of hydrogen-bond acceptors (Lipinski definition) is 4. The predicted octanol–water partition coefficient (Wildman–Crippen LogP) is 0.254. The summed E-state index contributed by atoms with van der Waals surface area (Å²) in [5.74, 6) is 0.615. The van der Waals surface area contributed by atoms with E-state index in [0.717, 1.165) is 0 Å². The molecule has 1 aliphatic rings. The van der Waals surface area contributed by atoms with Gasteiger partial charge in [-0.15, -0.1) is 0 Å². The summed E-state index contributed by atoms with van der Waals surface area (Å²) in [6.45, 7) is 1.41. The van der Waals surface area contributed by atoms with Crippen molar-refractivity contribution in [3.8, 4) is 0 Å². The van der Waals surface area contributed by atoms with Gasteiger partial charge in [-0.2, -0.15) is 0 Å². The number of rotatable bonds is 2. The van der Waals surface area contributed by atoms with Crippen LogP contribution in [-0.4, -0.2) is 59.0 Å². The van der Waals surface area contributed by atoms with E-state index in [1.165, 1.54) is 0 Å². The first-order chi connectivity index (χ1) is 7.66. The van der Waals surface area contributed by atoms with Gasteiger partial charge >= 0.3 is 6.03 Å². The fraction of sp³-hybridized carbons (Fsp3) is 0.500. The molecule has 0 radical (unpaired) electrons. The Labute approximate surface area is 94.3 Å². The minimum absolute atomic E-state index is 0.0482. The Morgan fingerprint density at radius 2 is 2.06 bits per heavy atom. The van der Waals surface area contributed by atoms with E-state index >= 15 is 0 Å². The normalized spacial score (nSPS) is 15.5. The number of amides is 2. The highest BCUT2D eigenvalue weighted by Gasteiger charge is 2.31. The molecule has 1 aliphatic heterocycles. The van der Waals surface area contributed by atoms with Crippen molar-refractivity contribution in [2.24, 2.45) is 0 Å². The van der Waals surface area contributed by atoms with Crippen molar-refractivity contribution in [3.05, 3.63) is 18.5 Å². The molecule has 0 spiro atoms.